The van der Waals surface area contributed by atoms with Gasteiger partial charge in [-0.2, -0.15) is 0 Å². The molecule has 1 heterocycles. The molecule has 1 aromatic rings. The van der Waals surface area contributed by atoms with Gasteiger partial charge in [-0.25, -0.2) is 0 Å². The summed E-state index contributed by atoms with van der Waals surface area (Å²) in [6.07, 6.45) is 0. The fraction of sp³-hybridized carbons (Fsp3) is 0.455. The maximum absolute atomic E-state index is 5.25. The summed E-state index contributed by atoms with van der Waals surface area (Å²) in [4.78, 5) is 0. The molecule has 70 valence electrons. The Labute approximate surface area is 78.9 Å². The lowest BCUT2D eigenvalue weighted by molar-refractivity contribution is 0.147. The molecule has 0 radical (unpaired) electrons. The van der Waals surface area contributed by atoms with Gasteiger partial charge in [0.05, 0.1) is 6.61 Å². The second kappa shape index (κ2) is 3.04. The fourth-order valence-corrected chi connectivity index (χ4v) is 2.00. The Morgan fingerprint density at radius 2 is 2.23 bits per heavy atom. The smallest absolute Gasteiger partial charge is 0.0574 e. The van der Waals surface area contributed by atoms with Crippen LogP contribution in [-0.2, 0) is 10.2 Å². The van der Waals surface area contributed by atoms with E-state index in [-0.39, 0.29) is 5.41 Å². The number of nitrogens with one attached hydrogen (secondary N) is 1. The van der Waals surface area contributed by atoms with Crippen LogP contribution in [0.4, 0.5) is 5.69 Å². The first kappa shape index (κ1) is 8.57. The van der Waals surface area contributed by atoms with Crippen molar-refractivity contribution in [2.45, 2.75) is 12.3 Å². The minimum Gasteiger partial charge on any atom is -0.384 e. The van der Waals surface area contributed by atoms with Gasteiger partial charge in [-0.15, -0.1) is 0 Å². The van der Waals surface area contributed by atoms with Crippen LogP contribution in [0.15, 0.2) is 24.3 Å². The normalized spacial score (nSPS) is 25.4. The molecule has 2 heteroatoms. The predicted octanol–water partition coefficient (Wildman–Crippen LogP) is 2.02. The van der Waals surface area contributed by atoms with Crippen molar-refractivity contribution in [1.29, 1.82) is 0 Å². The van der Waals surface area contributed by atoms with Crippen LogP contribution in [-0.4, -0.2) is 20.3 Å². The molecule has 0 saturated carbocycles. The molecule has 0 aromatic heterocycles. The van der Waals surface area contributed by atoms with Gasteiger partial charge >= 0.3 is 0 Å². The standard InChI is InChI=1S/C11H15NO/c1-11(8-13-2)7-12-10-6-4-3-5-9(10)11/h3-6,12H,7-8H2,1-2H3. The quantitative estimate of drug-likeness (QED) is 0.746. The van der Waals surface area contributed by atoms with Gasteiger partial charge in [-0.3, -0.25) is 0 Å². The number of anilines is 1. The van der Waals surface area contributed by atoms with Crippen LogP contribution >= 0.6 is 0 Å². The molecule has 1 aliphatic rings. The Kier molecular flexibility index (Phi) is 2.00. The van der Waals surface area contributed by atoms with E-state index in [1.165, 1.54) is 11.3 Å². The van der Waals surface area contributed by atoms with E-state index >= 15 is 0 Å². The Balaban J connectivity index is 2.37. The topological polar surface area (TPSA) is 21.3 Å². The van der Waals surface area contributed by atoms with Crippen molar-refractivity contribution in [3.05, 3.63) is 29.8 Å². The molecule has 0 bridgehead atoms. The fourth-order valence-electron chi connectivity index (χ4n) is 2.00. The van der Waals surface area contributed by atoms with E-state index in [1.807, 2.05) is 0 Å². The molecule has 2 nitrogen and oxygen atoms in total. The van der Waals surface area contributed by atoms with Crippen molar-refractivity contribution >= 4 is 5.69 Å². The third-order valence-electron chi connectivity index (χ3n) is 2.71. The number of rotatable bonds is 2. The summed E-state index contributed by atoms with van der Waals surface area (Å²) in [5, 5.41) is 3.40. The number of para-hydroxylation sites is 1. The van der Waals surface area contributed by atoms with Crippen LogP contribution in [0.1, 0.15) is 12.5 Å². The van der Waals surface area contributed by atoms with E-state index in [0.29, 0.717) is 0 Å². The zero-order chi connectivity index (χ0) is 9.31. The van der Waals surface area contributed by atoms with Gasteiger partial charge < -0.3 is 10.1 Å². The van der Waals surface area contributed by atoms with Crippen molar-refractivity contribution in [2.75, 3.05) is 25.6 Å². The molecule has 0 aliphatic carbocycles. The lowest BCUT2D eigenvalue weighted by atomic mass is 9.85. The van der Waals surface area contributed by atoms with Crippen molar-refractivity contribution in [3.63, 3.8) is 0 Å². The molecule has 0 spiro atoms. The summed E-state index contributed by atoms with van der Waals surface area (Å²) >= 11 is 0. The molecule has 0 amide bonds. The molecular weight excluding hydrogens is 162 g/mol. The highest BCUT2D eigenvalue weighted by Crippen LogP contribution is 2.36. The van der Waals surface area contributed by atoms with Crippen LogP contribution in [0.5, 0.6) is 0 Å². The van der Waals surface area contributed by atoms with E-state index in [4.69, 9.17) is 4.74 Å². The molecule has 1 aliphatic heterocycles. The first-order valence-electron chi connectivity index (χ1n) is 4.58. The lowest BCUT2D eigenvalue weighted by Crippen LogP contribution is -2.29. The van der Waals surface area contributed by atoms with Gasteiger partial charge in [-0.1, -0.05) is 25.1 Å². The van der Waals surface area contributed by atoms with E-state index in [9.17, 15) is 0 Å². The van der Waals surface area contributed by atoms with E-state index < -0.39 is 0 Å². The van der Waals surface area contributed by atoms with E-state index in [1.54, 1.807) is 7.11 Å². The number of ether oxygens (including phenoxy) is 1. The molecular formula is C11H15NO. The van der Waals surface area contributed by atoms with Gasteiger partial charge in [0.25, 0.3) is 0 Å². The molecule has 0 saturated heterocycles. The molecule has 1 unspecified atom stereocenters. The largest absolute Gasteiger partial charge is 0.384 e. The second-order valence-electron chi connectivity index (χ2n) is 3.89. The summed E-state index contributed by atoms with van der Waals surface area (Å²) in [7, 11) is 1.76. The van der Waals surface area contributed by atoms with E-state index in [0.717, 1.165) is 13.2 Å². The van der Waals surface area contributed by atoms with Gasteiger partial charge in [0, 0.05) is 24.8 Å². The number of methoxy groups -OCH3 is 1. The van der Waals surface area contributed by atoms with Crippen molar-refractivity contribution < 1.29 is 4.74 Å². The average Bonchev–Trinajstić information content (AvgIpc) is 2.46. The minimum absolute atomic E-state index is 0.144. The third kappa shape index (κ3) is 1.31. The van der Waals surface area contributed by atoms with Gasteiger partial charge in [0.2, 0.25) is 0 Å². The zero-order valence-electron chi connectivity index (χ0n) is 8.13. The molecule has 13 heavy (non-hydrogen) atoms. The summed E-state index contributed by atoms with van der Waals surface area (Å²) in [5.41, 5.74) is 2.77. The number of benzene rings is 1. The van der Waals surface area contributed by atoms with Crippen LogP contribution < -0.4 is 5.32 Å². The maximum atomic E-state index is 5.25. The van der Waals surface area contributed by atoms with Gasteiger partial charge in [0.15, 0.2) is 0 Å². The van der Waals surface area contributed by atoms with Gasteiger partial charge in [-0.05, 0) is 11.6 Å². The molecule has 1 aromatic carbocycles. The van der Waals surface area contributed by atoms with Crippen LogP contribution in [0.2, 0.25) is 0 Å². The average molecular weight is 177 g/mol. The second-order valence-corrected chi connectivity index (χ2v) is 3.89. The van der Waals surface area contributed by atoms with Crippen LogP contribution in [0, 0.1) is 0 Å². The summed E-state index contributed by atoms with van der Waals surface area (Å²) in [5.74, 6) is 0. The monoisotopic (exact) mass is 177 g/mol. The SMILES string of the molecule is COCC1(C)CNc2ccccc21. The predicted molar refractivity (Wildman–Crippen MR) is 54.2 cm³/mol. The third-order valence-corrected chi connectivity index (χ3v) is 2.71. The lowest BCUT2D eigenvalue weighted by Gasteiger charge is -2.22. The number of fused-ring (bicyclic) bond motifs is 1. The van der Waals surface area contributed by atoms with Crippen molar-refractivity contribution in [1.82, 2.24) is 0 Å². The summed E-state index contributed by atoms with van der Waals surface area (Å²) < 4.78 is 5.25. The van der Waals surface area contributed by atoms with Crippen LogP contribution in [0.25, 0.3) is 0 Å². The molecule has 0 fully saturated rings. The highest BCUT2D eigenvalue weighted by Gasteiger charge is 2.33. The summed E-state index contributed by atoms with van der Waals surface area (Å²) in [6.45, 7) is 3.98. The minimum atomic E-state index is 0.144. The molecule has 2 rings (SSSR count). The maximum Gasteiger partial charge on any atom is 0.0574 e. The van der Waals surface area contributed by atoms with Gasteiger partial charge in [0.1, 0.15) is 0 Å². The highest BCUT2D eigenvalue weighted by molar-refractivity contribution is 5.59. The Bertz CT molecular complexity index is 307. The van der Waals surface area contributed by atoms with Crippen LogP contribution in [0.3, 0.4) is 0 Å². The first-order chi connectivity index (χ1) is 6.26. The number of hydrogen-bond donors (Lipinski definition) is 1. The summed E-state index contributed by atoms with van der Waals surface area (Å²) in [6, 6.07) is 8.44. The van der Waals surface area contributed by atoms with Crippen molar-refractivity contribution in [2.24, 2.45) is 0 Å². The number of hydrogen-bond acceptors (Lipinski definition) is 2. The highest BCUT2D eigenvalue weighted by atomic mass is 16.5. The van der Waals surface area contributed by atoms with E-state index in [2.05, 4.69) is 36.5 Å². The Morgan fingerprint density at radius 1 is 1.46 bits per heavy atom. The molecule has 1 atom stereocenters. The zero-order valence-corrected chi connectivity index (χ0v) is 8.13. The molecule has 1 N–H and O–H groups in total. The van der Waals surface area contributed by atoms with Crippen molar-refractivity contribution in [3.8, 4) is 0 Å². The Morgan fingerprint density at radius 3 is 3.00 bits per heavy atom. The Hall–Kier alpha value is -1.02. The first-order valence-corrected chi connectivity index (χ1v) is 4.58.